The van der Waals surface area contributed by atoms with Gasteiger partial charge in [-0.2, -0.15) is 0 Å². The first-order valence-corrected chi connectivity index (χ1v) is 10.0. The van der Waals surface area contributed by atoms with E-state index in [-0.39, 0.29) is 5.91 Å². The summed E-state index contributed by atoms with van der Waals surface area (Å²) in [6.45, 7) is 3.43. The summed E-state index contributed by atoms with van der Waals surface area (Å²) in [6, 6.07) is 18.7. The number of benzene rings is 2. The number of amides is 1. The molecule has 0 aliphatic carbocycles. The summed E-state index contributed by atoms with van der Waals surface area (Å²) < 4.78 is 5.36. The summed E-state index contributed by atoms with van der Waals surface area (Å²) in [5, 5.41) is 3.07. The van der Waals surface area contributed by atoms with Crippen molar-refractivity contribution in [3.63, 3.8) is 0 Å². The third-order valence-electron chi connectivity index (χ3n) is 5.50. The number of rotatable bonds is 8. The van der Waals surface area contributed by atoms with E-state index < -0.39 is 0 Å². The minimum absolute atomic E-state index is 0.154. The van der Waals surface area contributed by atoms with Crippen molar-refractivity contribution < 1.29 is 14.4 Å². The molecule has 27 heavy (non-hydrogen) atoms. The van der Waals surface area contributed by atoms with Gasteiger partial charge >= 0.3 is 0 Å². The number of likely N-dealkylation sites (tertiary alicyclic amines) is 1. The third kappa shape index (κ3) is 6.10. The largest absolute Gasteiger partial charge is 0.496 e. The molecule has 4 heteroatoms. The van der Waals surface area contributed by atoms with Gasteiger partial charge in [0.2, 0.25) is 0 Å². The number of piperidine rings is 1. The molecule has 2 aromatic carbocycles. The second-order valence-corrected chi connectivity index (χ2v) is 7.47. The standard InChI is InChI=1S/C23H30N2O2/c1-27-22-10-6-5-9-21(22)11-14-24-23(26)18-25-15-12-20(13-16-25)17-19-7-3-2-4-8-19/h2-10,20H,11-18H2,1H3,(H,24,26)/p+1. The van der Waals surface area contributed by atoms with E-state index in [1.165, 1.54) is 29.7 Å². The molecular weight excluding hydrogens is 336 g/mol. The molecule has 1 saturated heterocycles. The molecule has 0 aromatic heterocycles. The van der Waals surface area contributed by atoms with Crippen molar-refractivity contribution in [2.45, 2.75) is 25.7 Å². The smallest absolute Gasteiger partial charge is 0.275 e. The van der Waals surface area contributed by atoms with Crippen LogP contribution in [0.1, 0.15) is 24.0 Å². The predicted octanol–water partition coefficient (Wildman–Crippen LogP) is 1.89. The quantitative estimate of drug-likeness (QED) is 0.748. The molecular formula is C23H31N2O2+. The van der Waals surface area contributed by atoms with Gasteiger partial charge in [0.05, 0.1) is 20.2 Å². The Kier molecular flexibility index (Phi) is 7.28. The molecule has 0 unspecified atom stereocenters. The van der Waals surface area contributed by atoms with Crippen LogP contribution in [0.2, 0.25) is 0 Å². The molecule has 1 aliphatic heterocycles. The average Bonchev–Trinajstić information content (AvgIpc) is 2.71. The Bertz CT molecular complexity index is 709. The van der Waals surface area contributed by atoms with Crippen molar-refractivity contribution in [3.05, 3.63) is 65.7 Å². The maximum atomic E-state index is 12.3. The SMILES string of the molecule is COc1ccccc1CCNC(=O)C[NH+]1CCC(Cc2ccccc2)CC1. The van der Waals surface area contributed by atoms with Crippen LogP contribution in [0, 0.1) is 5.92 Å². The lowest BCUT2D eigenvalue weighted by molar-refractivity contribution is -0.898. The van der Waals surface area contributed by atoms with Crippen molar-refractivity contribution in [1.82, 2.24) is 5.32 Å². The van der Waals surface area contributed by atoms with Gasteiger partial charge in [0.15, 0.2) is 6.54 Å². The highest BCUT2D eigenvalue weighted by Gasteiger charge is 2.23. The average molecular weight is 368 g/mol. The van der Waals surface area contributed by atoms with Crippen molar-refractivity contribution in [2.75, 3.05) is 33.3 Å². The Hall–Kier alpha value is -2.33. The van der Waals surface area contributed by atoms with Crippen molar-refractivity contribution in [3.8, 4) is 5.75 Å². The van der Waals surface area contributed by atoms with E-state index >= 15 is 0 Å². The molecule has 2 aromatic rings. The highest BCUT2D eigenvalue weighted by molar-refractivity contribution is 5.76. The number of nitrogens with one attached hydrogen (secondary N) is 2. The zero-order valence-corrected chi connectivity index (χ0v) is 16.2. The van der Waals surface area contributed by atoms with Gasteiger partial charge in [0.25, 0.3) is 5.91 Å². The molecule has 1 aliphatic rings. The fourth-order valence-corrected chi connectivity index (χ4v) is 3.95. The van der Waals surface area contributed by atoms with E-state index in [4.69, 9.17) is 4.74 Å². The fourth-order valence-electron chi connectivity index (χ4n) is 3.95. The van der Waals surface area contributed by atoms with E-state index in [0.717, 1.165) is 36.7 Å². The Balaban J connectivity index is 1.34. The first-order chi connectivity index (χ1) is 13.2. The summed E-state index contributed by atoms with van der Waals surface area (Å²) in [5.74, 6) is 1.80. The Morgan fingerprint density at radius 2 is 1.78 bits per heavy atom. The molecule has 2 N–H and O–H groups in total. The molecule has 1 heterocycles. The highest BCUT2D eigenvalue weighted by Crippen LogP contribution is 2.17. The van der Waals surface area contributed by atoms with Crippen LogP contribution in [0.4, 0.5) is 0 Å². The van der Waals surface area contributed by atoms with E-state index in [0.29, 0.717) is 13.1 Å². The molecule has 0 spiro atoms. The Morgan fingerprint density at radius 1 is 1.07 bits per heavy atom. The number of carbonyl (C=O) groups is 1. The normalized spacial score (nSPS) is 19.4. The number of quaternary nitrogens is 1. The number of carbonyl (C=O) groups excluding carboxylic acids is 1. The van der Waals surface area contributed by atoms with Crippen molar-refractivity contribution >= 4 is 5.91 Å². The number of methoxy groups -OCH3 is 1. The molecule has 1 fully saturated rings. The van der Waals surface area contributed by atoms with Crippen LogP contribution >= 0.6 is 0 Å². The maximum absolute atomic E-state index is 12.3. The van der Waals surface area contributed by atoms with Crippen LogP contribution in [-0.2, 0) is 17.6 Å². The van der Waals surface area contributed by atoms with Gasteiger partial charge in [0, 0.05) is 6.54 Å². The van der Waals surface area contributed by atoms with Gasteiger partial charge in [-0.05, 0) is 48.8 Å². The van der Waals surface area contributed by atoms with Crippen molar-refractivity contribution in [1.29, 1.82) is 0 Å². The van der Waals surface area contributed by atoms with Crippen LogP contribution in [-0.4, -0.2) is 39.2 Å². The van der Waals surface area contributed by atoms with Crippen LogP contribution in [0.5, 0.6) is 5.75 Å². The molecule has 0 atom stereocenters. The van der Waals surface area contributed by atoms with E-state index in [1.807, 2.05) is 24.3 Å². The lowest BCUT2D eigenvalue weighted by Crippen LogP contribution is -3.14. The summed E-state index contributed by atoms with van der Waals surface area (Å²) in [7, 11) is 1.68. The van der Waals surface area contributed by atoms with Gasteiger partial charge in [-0.15, -0.1) is 0 Å². The minimum Gasteiger partial charge on any atom is -0.496 e. The van der Waals surface area contributed by atoms with E-state index in [2.05, 4.69) is 35.6 Å². The molecule has 0 radical (unpaired) electrons. The van der Waals surface area contributed by atoms with Gasteiger partial charge in [-0.25, -0.2) is 0 Å². The second kappa shape index (κ2) is 10.1. The van der Waals surface area contributed by atoms with Crippen LogP contribution < -0.4 is 15.0 Å². The predicted molar refractivity (Wildman–Crippen MR) is 108 cm³/mol. The first kappa shape index (κ1) is 19.4. The first-order valence-electron chi connectivity index (χ1n) is 10.0. The summed E-state index contributed by atoms with van der Waals surface area (Å²) in [4.78, 5) is 13.7. The Labute approximate surface area is 162 Å². The lowest BCUT2D eigenvalue weighted by atomic mass is 9.90. The Morgan fingerprint density at radius 3 is 2.52 bits per heavy atom. The van der Waals surface area contributed by atoms with E-state index in [9.17, 15) is 4.79 Å². The molecule has 0 saturated carbocycles. The lowest BCUT2D eigenvalue weighted by Gasteiger charge is -2.29. The zero-order chi connectivity index (χ0) is 18.9. The van der Waals surface area contributed by atoms with Crippen LogP contribution in [0.15, 0.2) is 54.6 Å². The number of ether oxygens (including phenoxy) is 1. The molecule has 144 valence electrons. The van der Waals surface area contributed by atoms with Crippen molar-refractivity contribution in [2.24, 2.45) is 5.92 Å². The second-order valence-electron chi connectivity index (χ2n) is 7.47. The third-order valence-corrected chi connectivity index (χ3v) is 5.50. The maximum Gasteiger partial charge on any atom is 0.275 e. The van der Waals surface area contributed by atoms with E-state index in [1.54, 1.807) is 7.11 Å². The molecule has 1 amide bonds. The molecule has 3 rings (SSSR count). The number of para-hydroxylation sites is 1. The van der Waals surface area contributed by atoms with Gasteiger partial charge in [-0.3, -0.25) is 4.79 Å². The van der Waals surface area contributed by atoms with Crippen LogP contribution in [0.25, 0.3) is 0 Å². The number of hydrogen-bond acceptors (Lipinski definition) is 2. The topological polar surface area (TPSA) is 42.8 Å². The number of hydrogen-bond donors (Lipinski definition) is 2. The van der Waals surface area contributed by atoms with Crippen LogP contribution in [0.3, 0.4) is 0 Å². The zero-order valence-electron chi connectivity index (χ0n) is 16.2. The van der Waals surface area contributed by atoms with Gasteiger partial charge in [-0.1, -0.05) is 48.5 Å². The highest BCUT2D eigenvalue weighted by atomic mass is 16.5. The monoisotopic (exact) mass is 367 g/mol. The van der Waals surface area contributed by atoms with Gasteiger partial charge < -0.3 is 15.0 Å². The summed E-state index contributed by atoms with van der Waals surface area (Å²) in [6.07, 6.45) is 4.38. The fraction of sp³-hybridized carbons (Fsp3) is 0.435. The summed E-state index contributed by atoms with van der Waals surface area (Å²) >= 11 is 0. The van der Waals surface area contributed by atoms with Gasteiger partial charge in [0.1, 0.15) is 5.75 Å². The molecule has 4 nitrogen and oxygen atoms in total. The summed E-state index contributed by atoms with van der Waals surface area (Å²) in [5.41, 5.74) is 2.56. The minimum atomic E-state index is 0.154. The molecule has 0 bridgehead atoms.